The Balaban J connectivity index is 1.88. The summed E-state index contributed by atoms with van der Waals surface area (Å²) in [7, 11) is 1.46. The van der Waals surface area contributed by atoms with Crippen LogP contribution in [0, 0.1) is 0 Å². The average Bonchev–Trinajstić information content (AvgIpc) is 2.86. The second-order valence-electron chi connectivity index (χ2n) is 5.37. The van der Waals surface area contributed by atoms with Crippen LogP contribution in [0.5, 0.6) is 11.5 Å². The molecule has 1 aliphatic rings. The van der Waals surface area contributed by atoms with E-state index in [0.29, 0.717) is 21.4 Å². The predicted octanol–water partition coefficient (Wildman–Crippen LogP) is 3.31. The van der Waals surface area contributed by atoms with Crippen LogP contribution >= 0.6 is 23.8 Å². The molecule has 2 aromatic carbocycles. The lowest BCUT2D eigenvalue weighted by atomic mass is 10.1. The number of nitrogens with zero attached hydrogens (tertiary/aromatic N) is 1. The number of hydrogen-bond acceptors (Lipinski definition) is 4. The van der Waals surface area contributed by atoms with Gasteiger partial charge in [-0.1, -0.05) is 41.9 Å². The number of aromatic hydroxyl groups is 1. The number of methoxy groups -OCH3 is 1. The first kappa shape index (κ1) is 17.3. The van der Waals surface area contributed by atoms with Crippen LogP contribution < -0.4 is 10.1 Å². The van der Waals surface area contributed by atoms with Crippen molar-refractivity contribution in [2.45, 2.75) is 6.54 Å². The van der Waals surface area contributed by atoms with Gasteiger partial charge in [-0.25, -0.2) is 0 Å². The molecule has 0 bridgehead atoms. The number of phenols is 1. The van der Waals surface area contributed by atoms with E-state index in [-0.39, 0.29) is 23.9 Å². The third kappa shape index (κ3) is 3.45. The van der Waals surface area contributed by atoms with Crippen LogP contribution in [0.4, 0.5) is 0 Å². The third-order valence-electron chi connectivity index (χ3n) is 3.80. The van der Waals surface area contributed by atoms with Gasteiger partial charge in [0.2, 0.25) is 0 Å². The zero-order valence-electron chi connectivity index (χ0n) is 13.3. The molecule has 0 aliphatic carbocycles. The van der Waals surface area contributed by atoms with E-state index >= 15 is 0 Å². The molecule has 0 atom stereocenters. The number of hydrogen-bond donors (Lipinski definition) is 2. The molecular weight excluding hydrogens is 360 g/mol. The molecule has 2 N–H and O–H groups in total. The number of carbonyl (C=O) groups is 1. The molecule has 0 aromatic heterocycles. The fraction of sp³-hybridized carbons (Fsp3) is 0.111. The molecule has 7 heteroatoms. The van der Waals surface area contributed by atoms with Crippen molar-refractivity contribution >= 4 is 40.9 Å². The molecule has 0 unspecified atom stereocenters. The highest BCUT2D eigenvalue weighted by molar-refractivity contribution is 7.80. The lowest BCUT2D eigenvalue weighted by Crippen LogP contribution is -2.30. The number of phenolic OH excluding ortho intramolecular Hbond substituents is 1. The van der Waals surface area contributed by atoms with Crippen molar-refractivity contribution in [3.8, 4) is 11.5 Å². The van der Waals surface area contributed by atoms with Crippen LogP contribution in [0.2, 0.25) is 5.02 Å². The SMILES string of the molecule is COc1cccc(C=C2NC(=S)N(Cc3ccccc3Cl)C2=O)c1O. The molecule has 1 heterocycles. The van der Waals surface area contributed by atoms with Crippen LogP contribution in [0.25, 0.3) is 6.08 Å². The number of rotatable bonds is 4. The van der Waals surface area contributed by atoms with Crippen molar-refractivity contribution < 1.29 is 14.6 Å². The number of nitrogens with one attached hydrogen (secondary N) is 1. The van der Waals surface area contributed by atoms with E-state index in [0.717, 1.165) is 5.56 Å². The second-order valence-corrected chi connectivity index (χ2v) is 6.16. The van der Waals surface area contributed by atoms with E-state index in [9.17, 15) is 9.90 Å². The Morgan fingerprint density at radius 3 is 2.76 bits per heavy atom. The zero-order valence-corrected chi connectivity index (χ0v) is 14.9. The molecule has 2 aromatic rings. The molecule has 25 heavy (non-hydrogen) atoms. The quantitative estimate of drug-likeness (QED) is 0.635. The van der Waals surface area contributed by atoms with E-state index < -0.39 is 0 Å². The summed E-state index contributed by atoms with van der Waals surface area (Å²) in [5.74, 6) is 0.00464. The van der Waals surface area contributed by atoms with Crippen molar-refractivity contribution in [3.63, 3.8) is 0 Å². The number of carbonyl (C=O) groups excluding carboxylic acids is 1. The second kappa shape index (κ2) is 7.13. The maximum atomic E-state index is 12.7. The molecule has 3 rings (SSSR count). The summed E-state index contributed by atoms with van der Waals surface area (Å²) in [6, 6.07) is 12.3. The summed E-state index contributed by atoms with van der Waals surface area (Å²) in [4.78, 5) is 14.1. The van der Waals surface area contributed by atoms with E-state index in [2.05, 4.69) is 5.32 Å². The highest BCUT2D eigenvalue weighted by atomic mass is 35.5. The van der Waals surface area contributed by atoms with E-state index in [1.54, 1.807) is 30.3 Å². The number of benzene rings is 2. The van der Waals surface area contributed by atoms with Crippen molar-refractivity contribution in [2.75, 3.05) is 7.11 Å². The maximum absolute atomic E-state index is 12.7. The van der Waals surface area contributed by atoms with Crippen LogP contribution in [0.3, 0.4) is 0 Å². The monoisotopic (exact) mass is 374 g/mol. The Labute approximate surface area is 155 Å². The number of para-hydroxylation sites is 1. The number of halogens is 1. The minimum Gasteiger partial charge on any atom is -0.504 e. The van der Waals surface area contributed by atoms with Crippen LogP contribution in [0.15, 0.2) is 48.2 Å². The van der Waals surface area contributed by atoms with Crippen molar-refractivity contribution in [1.82, 2.24) is 10.2 Å². The van der Waals surface area contributed by atoms with Crippen molar-refractivity contribution in [1.29, 1.82) is 0 Å². The first-order chi connectivity index (χ1) is 12.0. The molecular formula is C18H15ClN2O3S. The standard InChI is InChI=1S/C18H15ClN2O3S/c1-24-15-8-4-6-11(16(15)22)9-14-17(23)21(18(25)20-14)10-12-5-2-3-7-13(12)19/h2-9,22H,10H2,1H3,(H,20,25). The van der Waals surface area contributed by atoms with Gasteiger partial charge in [-0.05, 0) is 36.0 Å². The average molecular weight is 375 g/mol. The Bertz CT molecular complexity index is 882. The van der Waals surface area contributed by atoms with Gasteiger partial charge in [0.25, 0.3) is 5.91 Å². The molecule has 1 fully saturated rings. The largest absolute Gasteiger partial charge is 0.504 e. The van der Waals surface area contributed by atoms with Crippen molar-refractivity contribution in [3.05, 3.63) is 64.3 Å². The lowest BCUT2D eigenvalue weighted by molar-refractivity contribution is -0.122. The smallest absolute Gasteiger partial charge is 0.276 e. The molecule has 5 nitrogen and oxygen atoms in total. The Hall–Kier alpha value is -2.57. The lowest BCUT2D eigenvalue weighted by Gasteiger charge is -2.14. The molecule has 128 valence electrons. The Morgan fingerprint density at radius 2 is 2.04 bits per heavy atom. The van der Waals surface area contributed by atoms with Crippen LogP contribution in [0.1, 0.15) is 11.1 Å². The summed E-state index contributed by atoms with van der Waals surface area (Å²) in [6.07, 6.45) is 1.54. The normalized spacial score (nSPS) is 15.6. The Kier molecular flexibility index (Phi) is 4.92. The molecule has 0 saturated carbocycles. The fourth-order valence-corrected chi connectivity index (χ4v) is 2.94. The summed E-state index contributed by atoms with van der Waals surface area (Å²) in [6.45, 7) is 0.270. The predicted molar refractivity (Wildman–Crippen MR) is 100 cm³/mol. The molecule has 1 aliphatic heterocycles. The third-order valence-corrected chi connectivity index (χ3v) is 4.49. The van der Waals surface area contributed by atoms with E-state index in [1.165, 1.54) is 12.0 Å². The first-order valence-corrected chi connectivity index (χ1v) is 8.24. The molecule has 0 radical (unpaired) electrons. The van der Waals surface area contributed by atoms with Gasteiger partial charge in [0.15, 0.2) is 16.6 Å². The molecule has 0 spiro atoms. The van der Waals surface area contributed by atoms with Gasteiger partial charge in [-0.3, -0.25) is 9.69 Å². The van der Waals surface area contributed by atoms with Gasteiger partial charge in [-0.2, -0.15) is 0 Å². The van der Waals surface area contributed by atoms with Gasteiger partial charge in [0.1, 0.15) is 5.70 Å². The topological polar surface area (TPSA) is 61.8 Å². The van der Waals surface area contributed by atoms with Crippen molar-refractivity contribution in [2.24, 2.45) is 0 Å². The Morgan fingerprint density at radius 1 is 1.28 bits per heavy atom. The fourth-order valence-electron chi connectivity index (χ4n) is 2.49. The van der Waals surface area contributed by atoms with E-state index in [1.807, 2.05) is 18.2 Å². The van der Waals surface area contributed by atoms with Gasteiger partial charge in [-0.15, -0.1) is 0 Å². The minimum atomic E-state index is -0.285. The van der Waals surface area contributed by atoms with Crippen LogP contribution in [-0.4, -0.2) is 28.1 Å². The van der Waals surface area contributed by atoms with Gasteiger partial charge < -0.3 is 15.2 Å². The minimum absolute atomic E-state index is 0.0393. The maximum Gasteiger partial charge on any atom is 0.276 e. The first-order valence-electron chi connectivity index (χ1n) is 7.45. The van der Waals surface area contributed by atoms with Gasteiger partial charge >= 0.3 is 0 Å². The number of thiocarbonyl (C=S) groups is 1. The van der Waals surface area contributed by atoms with Gasteiger partial charge in [0, 0.05) is 10.6 Å². The highest BCUT2D eigenvalue weighted by Gasteiger charge is 2.31. The molecule has 1 amide bonds. The van der Waals surface area contributed by atoms with E-state index in [4.69, 9.17) is 28.6 Å². The van der Waals surface area contributed by atoms with Gasteiger partial charge in [0.05, 0.1) is 13.7 Å². The zero-order chi connectivity index (χ0) is 18.0. The number of ether oxygens (including phenoxy) is 1. The summed E-state index contributed by atoms with van der Waals surface area (Å²) in [5.41, 5.74) is 1.53. The summed E-state index contributed by atoms with van der Waals surface area (Å²) in [5, 5.41) is 13.9. The highest BCUT2D eigenvalue weighted by Crippen LogP contribution is 2.31. The molecule has 1 saturated heterocycles. The van der Waals surface area contributed by atoms with Crippen LogP contribution in [-0.2, 0) is 11.3 Å². The summed E-state index contributed by atoms with van der Waals surface area (Å²) >= 11 is 11.4. The summed E-state index contributed by atoms with van der Waals surface area (Å²) < 4.78 is 5.08. The number of amides is 1.